The third kappa shape index (κ3) is 2.96. The van der Waals surface area contributed by atoms with Crippen molar-refractivity contribution in [3.8, 4) is 0 Å². The van der Waals surface area contributed by atoms with Crippen LogP contribution in [0.2, 0.25) is 0 Å². The minimum Gasteiger partial charge on any atom is -0.272 e. The van der Waals surface area contributed by atoms with Crippen molar-refractivity contribution < 1.29 is 17.8 Å². The molecule has 1 fully saturated rings. The van der Waals surface area contributed by atoms with E-state index in [-0.39, 0.29) is 0 Å². The molecule has 1 aromatic carbocycles. The Morgan fingerprint density at radius 1 is 1.25 bits per heavy atom. The van der Waals surface area contributed by atoms with E-state index < -0.39 is 38.6 Å². The summed E-state index contributed by atoms with van der Waals surface area (Å²) in [5.41, 5.74) is -0.0652. The fraction of sp³-hybridized carbons (Fsp3) is 0.294. The number of pyridine rings is 1. The molecule has 24 heavy (non-hydrogen) atoms. The number of hydrogen-bond donors (Lipinski definition) is 0. The quantitative estimate of drug-likeness (QED) is 0.853. The molecule has 1 aliphatic carbocycles. The highest BCUT2D eigenvalue weighted by Gasteiger charge is 2.56. The summed E-state index contributed by atoms with van der Waals surface area (Å²) in [6, 6.07) is 6.74. The molecule has 126 valence electrons. The van der Waals surface area contributed by atoms with Gasteiger partial charge in [-0.3, -0.25) is 9.78 Å². The normalized spacial score (nSPS) is 24.9. The maximum Gasteiger partial charge on any atom is 0.258 e. The molecule has 1 aliphatic rings. The summed E-state index contributed by atoms with van der Waals surface area (Å²) in [7, 11) is -2.86. The van der Waals surface area contributed by atoms with Crippen LogP contribution in [0.3, 0.4) is 0 Å². The zero-order valence-corrected chi connectivity index (χ0v) is 14.0. The summed E-state index contributed by atoms with van der Waals surface area (Å²) in [4.78, 5) is 16.7. The molecule has 3 rings (SSSR count). The summed E-state index contributed by atoms with van der Waals surface area (Å²) in [5.74, 6) is -2.83. The number of rotatable bonds is 3. The molecule has 3 atom stereocenters. The van der Waals surface area contributed by atoms with Gasteiger partial charge in [-0.05, 0) is 36.2 Å². The van der Waals surface area contributed by atoms with Gasteiger partial charge < -0.3 is 0 Å². The van der Waals surface area contributed by atoms with Gasteiger partial charge in [-0.2, -0.15) is 4.36 Å². The molecule has 1 heterocycles. The first-order valence-electron chi connectivity index (χ1n) is 7.35. The molecule has 0 aliphatic heterocycles. The van der Waals surface area contributed by atoms with Crippen molar-refractivity contribution in [2.24, 2.45) is 10.3 Å². The molecule has 0 radical (unpaired) electrons. The Hall–Kier alpha value is -2.15. The van der Waals surface area contributed by atoms with Crippen molar-refractivity contribution in [3.63, 3.8) is 0 Å². The molecule has 1 saturated carbocycles. The lowest BCUT2D eigenvalue weighted by atomic mass is 9.95. The molecule has 4 nitrogen and oxygen atoms in total. The van der Waals surface area contributed by atoms with Crippen LogP contribution in [-0.2, 0) is 19.9 Å². The fourth-order valence-corrected chi connectivity index (χ4v) is 3.98. The predicted molar refractivity (Wildman–Crippen MR) is 85.8 cm³/mol. The Morgan fingerprint density at radius 2 is 1.92 bits per heavy atom. The Kier molecular flexibility index (Phi) is 3.99. The molecule has 1 aromatic heterocycles. The monoisotopic (exact) mass is 350 g/mol. The highest BCUT2D eigenvalue weighted by atomic mass is 32.2. The molecule has 0 N–H and O–H groups in total. The molecular weight excluding hydrogens is 334 g/mol. The Morgan fingerprint density at radius 3 is 2.54 bits per heavy atom. The summed E-state index contributed by atoms with van der Waals surface area (Å²) in [6.45, 7) is 1.79. The average molecular weight is 350 g/mol. The minimum absolute atomic E-state index is 0.432. The van der Waals surface area contributed by atoms with Crippen LogP contribution < -0.4 is 0 Å². The lowest BCUT2D eigenvalue weighted by Crippen LogP contribution is -2.13. The molecule has 2 aromatic rings. The summed E-state index contributed by atoms with van der Waals surface area (Å²) >= 11 is 0. The van der Waals surface area contributed by atoms with Crippen LogP contribution >= 0.6 is 0 Å². The number of carbonyl (C=O) groups is 1. The van der Waals surface area contributed by atoms with Gasteiger partial charge in [-0.15, -0.1) is 0 Å². The maximum absolute atomic E-state index is 13.4. The molecule has 1 amide bonds. The van der Waals surface area contributed by atoms with Gasteiger partial charge in [0.25, 0.3) is 5.91 Å². The maximum atomic E-state index is 13.4. The summed E-state index contributed by atoms with van der Waals surface area (Å²) in [6.07, 6.45) is 4.84. The number of halogens is 2. The van der Waals surface area contributed by atoms with Crippen molar-refractivity contribution >= 4 is 15.6 Å². The third-order valence-electron chi connectivity index (χ3n) is 4.47. The minimum atomic E-state index is -2.86. The number of aromatic nitrogens is 1. The molecular formula is C17H16F2N2O2S. The second-order valence-electron chi connectivity index (χ2n) is 6.22. The van der Waals surface area contributed by atoms with Gasteiger partial charge >= 0.3 is 0 Å². The number of benzene rings is 1. The van der Waals surface area contributed by atoms with E-state index in [9.17, 15) is 17.8 Å². The van der Waals surface area contributed by atoms with Crippen molar-refractivity contribution in [1.29, 1.82) is 0 Å². The van der Waals surface area contributed by atoms with E-state index in [0.717, 1.165) is 12.1 Å². The van der Waals surface area contributed by atoms with E-state index in [0.29, 0.717) is 16.9 Å². The van der Waals surface area contributed by atoms with Crippen molar-refractivity contribution in [2.45, 2.75) is 23.7 Å². The van der Waals surface area contributed by atoms with Crippen LogP contribution in [0.25, 0.3) is 0 Å². The molecule has 0 spiro atoms. The van der Waals surface area contributed by atoms with Gasteiger partial charge in [0.05, 0.1) is 20.5 Å². The summed E-state index contributed by atoms with van der Waals surface area (Å²) < 4.78 is 43.0. The first-order valence-corrected chi connectivity index (χ1v) is 9.28. The highest BCUT2D eigenvalue weighted by Crippen LogP contribution is 2.54. The highest BCUT2D eigenvalue weighted by molar-refractivity contribution is 7.93. The van der Waals surface area contributed by atoms with Crippen LogP contribution in [0.15, 0.2) is 52.0 Å². The second kappa shape index (κ2) is 5.73. The van der Waals surface area contributed by atoms with Gasteiger partial charge in [0.1, 0.15) is 0 Å². The topological polar surface area (TPSA) is 59.4 Å². The van der Waals surface area contributed by atoms with Crippen LogP contribution in [0.5, 0.6) is 0 Å². The van der Waals surface area contributed by atoms with E-state index >= 15 is 0 Å². The first kappa shape index (κ1) is 16.7. The van der Waals surface area contributed by atoms with Crippen molar-refractivity contribution in [1.82, 2.24) is 4.98 Å². The van der Waals surface area contributed by atoms with Crippen LogP contribution in [0.4, 0.5) is 8.78 Å². The Labute approximate surface area is 139 Å². The number of carbonyl (C=O) groups excluding carboxylic acids is 1. The Balaban J connectivity index is 1.86. The molecule has 0 saturated heterocycles. The van der Waals surface area contributed by atoms with Gasteiger partial charge in [0.2, 0.25) is 0 Å². The zero-order valence-electron chi connectivity index (χ0n) is 13.2. The van der Waals surface area contributed by atoms with E-state index in [1.165, 1.54) is 24.7 Å². The van der Waals surface area contributed by atoms with Gasteiger partial charge in [-0.25, -0.2) is 13.0 Å². The lowest BCUT2D eigenvalue weighted by Gasteiger charge is -2.11. The third-order valence-corrected chi connectivity index (χ3v) is 6.14. The smallest absolute Gasteiger partial charge is 0.258 e. The average Bonchev–Trinajstić information content (AvgIpc) is 3.24. The van der Waals surface area contributed by atoms with Crippen molar-refractivity contribution in [2.75, 3.05) is 6.26 Å². The Bertz CT molecular complexity index is 923. The standard InChI is InChI=1S/C17H16F2N2O2S/c1-17(11-3-4-14(18)15(19)9-11)10-13(17)16(22)21-24(2,23)12-5-7-20-8-6-12/h3-9,13H,10H2,1-2H3. The van der Waals surface area contributed by atoms with Gasteiger partial charge in [0, 0.05) is 24.1 Å². The lowest BCUT2D eigenvalue weighted by molar-refractivity contribution is -0.119. The number of amides is 1. The SMILES string of the molecule is CC1(c2ccc(F)c(F)c2)CC1C(=O)N=S(C)(=O)c1ccncc1. The number of hydrogen-bond acceptors (Lipinski definition) is 3. The first-order chi connectivity index (χ1) is 11.2. The van der Waals surface area contributed by atoms with Gasteiger partial charge in [-0.1, -0.05) is 13.0 Å². The van der Waals surface area contributed by atoms with Crippen LogP contribution in [0.1, 0.15) is 18.9 Å². The largest absolute Gasteiger partial charge is 0.272 e. The summed E-state index contributed by atoms with van der Waals surface area (Å²) in [5, 5.41) is 0. The van der Waals surface area contributed by atoms with E-state index in [4.69, 9.17) is 0 Å². The van der Waals surface area contributed by atoms with Crippen molar-refractivity contribution in [3.05, 3.63) is 59.9 Å². The number of nitrogens with zero attached hydrogens (tertiary/aromatic N) is 2. The molecule has 3 unspecified atom stereocenters. The molecule has 7 heteroatoms. The predicted octanol–water partition coefficient (Wildman–Crippen LogP) is 3.32. The van der Waals surface area contributed by atoms with Gasteiger partial charge in [0.15, 0.2) is 11.6 Å². The van der Waals surface area contributed by atoms with Crippen LogP contribution in [0, 0.1) is 17.6 Å². The van der Waals surface area contributed by atoms with E-state index in [2.05, 4.69) is 9.35 Å². The zero-order chi connectivity index (χ0) is 17.5. The fourth-order valence-electron chi connectivity index (χ4n) is 2.77. The molecule has 0 bridgehead atoms. The van der Waals surface area contributed by atoms with E-state index in [1.807, 2.05) is 0 Å². The van der Waals surface area contributed by atoms with E-state index in [1.54, 1.807) is 19.1 Å². The van der Waals surface area contributed by atoms with Crippen LogP contribution in [-0.4, -0.2) is 21.4 Å². The second-order valence-corrected chi connectivity index (χ2v) is 8.48.